The van der Waals surface area contributed by atoms with E-state index in [1.807, 2.05) is 0 Å². The van der Waals surface area contributed by atoms with E-state index < -0.39 is 0 Å². The maximum atomic E-state index is 3.45. The van der Waals surface area contributed by atoms with Gasteiger partial charge in [0.15, 0.2) is 0 Å². The van der Waals surface area contributed by atoms with Crippen LogP contribution in [0, 0.1) is 0 Å². The summed E-state index contributed by atoms with van der Waals surface area (Å²) in [5.74, 6) is 0. The highest BCUT2D eigenvalue weighted by molar-refractivity contribution is 5.79. The summed E-state index contributed by atoms with van der Waals surface area (Å²) in [6, 6.07) is 8.97. The summed E-state index contributed by atoms with van der Waals surface area (Å²) in [6.07, 6.45) is 3.42. The molecule has 1 unspecified atom stereocenters. The second-order valence-corrected chi connectivity index (χ2v) is 3.52. The lowest BCUT2D eigenvalue weighted by atomic mass is 9.96. The van der Waals surface area contributed by atoms with Crippen LogP contribution in [-0.2, 0) is 0 Å². The summed E-state index contributed by atoms with van der Waals surface area (Å²) < 4.78 is 0. The fourth-order valence-electron chi connectivity index (χ4n) is 1.88. The van der Waals surface area contributed by atoms with Crippen molar-refractivity contribution in [3.05, 3.63) is 35.9 Å². The third-order valence-corrected chi connectivity index (χ3v) is 2.49. The van der Waals surface area contributed by atoms with Gasteiger partial charge in [0.25, 0.3) is 0 Å². The lowest BCUT2D eigenvalue weighted by Crippen LogP contribution is -2.17. The van der Waals surface area contributed by atoms with Crippen molar-refractivity contribution in [2.24, 2.45) is 0 Å². The van der Waals surface area contributed by atoms with Crippen molar-refractivity contribution in [1.29, 1.82) is 0 Å². The highest BCUT2D eigenvalue weighted by Crippen LogP contribution is 2.30. The largest absolute Gasteiger partial charge is 0.379 e. The molecule has 1 heteroatoms. The number of hydrogen-bond acceptors (Lipinski definition) is 1. The van der Waals surface area contributed by atoms with Gasteiger partial charge in [0.2, 0.25) is 0 Å². The van der Waals surface area contributed by atoms with E-state index in [1.165, 1.54) is 16.8 Å². The van der Waals surface area contributed by atoms with Crippen LogP contribution in [-0.4, -0.2) is 6.04 Å². The first-order valence-electron chi connectivity index (χ1n) is 4.88. The van der Waals surface area contributed by atoms with Crippen molar-refractivity contribution in [3.8, 4) is 0 Å². The van der Waals surface area contributed by atoms with E-state index in [4.69, 9.17) is 0 Å². The number of para-hydroxylation sites is 1. The maximum Gasteiger partial charge on any atom is 0.0422 e. The molecule has 13 heavy (non-hydrogen) atoms. The van der Waals surface area contributed by atoms with Crippen LogP contribution >= 0.6 is 0 Å². The molecular formula is C12H15N. The summed E-state index contributed by atoms with van der Waals surface area (Å²) in [4.78, 5) is 0. The Hall–Kier alpha value is -1.24. The predicted octanol–water partition coefficient (Wildman–Crippen LogP) is 3.29. The van der Waals surface area contributed by atoms with E-state index in [0.29, 0.717) is 6.04 Å². The van der Waals surface area contributed by atoms with Crippen molar-refractivity contribution in [2.75, 3.05) is 5.32 Å². The molecule has 0 saturated heterocycles. The molecule has 0 radical (unpaired) electrons. The Balaban J connectivity index is 2.49. The van der Waals surface area contributed by atoms with Crippen molar-refractivity contribution >= 4 is 11.3 Å². The van der Waals surface area contributed by atoms with Gasteiger partial charge in [-0.15, -0.1) is 0 Å². The van der Waals surface area contributed by atoms with E-state index in [0.717, 1.165) is 6.42 Å². The minimum atomic E-state index is 0.463. The molecule has 1 aliphatic heterocycles. The first-order chi connectivity index (χ1) is 6.31. The van der Waals surface area contributed by atoms with Crippen LogP contribution in [0.25, 0.3) is 5.57 Å². The topological polar surface area (TPSA) is 12.0 Å². The molecule has 0 fully saturated rings. The molecule has 1 nitrogen and oxygen atoms in total. The number of nitrogens with one attached hydrogen (secondary N) is 1. The molecule has 0 bridgehead atoms. The van der Waals surface area contributed by atoms with Crippen molar-refractivity contribution in [1.82, 2.24) is 0 Å². The molecule has 0 amide bonds. The van der Waals surface area contributed by atoms with Gasteiger partial charge in [0.05, 0.1) is 0 Å². The number of allylic oxidation sites excluding steroid dienone is 1. The average molecular weight is 173 g/mol. The molecule has 1 N–H and O–H groups in total. The molecule has 1 aliphatic rings. The second kappa shape index (κ2) is 3.25. The number of rotatable bonds is 1. The van der Waals surface area contributed by atoms with Crippen LogP contribution in [0.3, 0.4) is 0 Å². The van der Waals surface area contributed by atoms with E-state index in [1.54, 1.807) is 0 Å². The Kier molecular flexibility index (Phi) is 2.09. The van der Waals surface area contributed by atoms with Crippen LogP contribution in [0.15, 0.2) is 30.3 Å². The predicted molar refractivity (Wildman–Crippen MR) is 57.8 cm³/mol. The molecule has 68 valence electrons. The second-order valence-electron chi connectivity index (χ2n) is 3.52. The lowest BCUT2D eigenvalue weighted by molar-refractivity contribution is 0.973. The highest BCUT2D eigenvalue weighted by Gasteiger charge is 2.13. The zero-order valence-electron chi connectivity index (χ0n) is 8.17. The van der Waals surface area contributed by atoms with Gasteiger partial charge in [-0.1, -0.05) is 31.2 Å². The molecule has 0 aliphatic carbocycles. The molecule has 1 aromatic carbocycles. The van der Waals surface area contributed by atoms with Crippen LogP contribution in [0.1, 0.15) is 25.8 Å². The normalized spacial score (nSPS) is 20.2. The van der Waals surface area contributed by atoms with Crippen molar-refractivity contribution < 1.29 is 0 Å². The van der Waals surface area contributed by atoms with Gasteiger partial charge in [-0.2, -0.15) is 0 Å². The Labute approximate surface area is 79.5 Å². The molecular weight excluding hydrogens is 158 g/mol. The fraction of sp³-hybridized carbons (Fsp3) is 0.333. The number of fused-ring (bicyclic) bond motifs is 1. The Bertz CT molecular complexity index is 339. The van der Waals surface area contributed by atoms with Crippen molar-refractivity contribution in [2.45, 2.75) is 26.3 Å². The first kappa shape index (κ1) is 8.36. The maximum absolute atomic E-state index is 3.45. The summed E-state index contributed by atoms with van der Waals surface area (Å²) in [7, 11) is 0. The number of anilines is 1. The molecule has 1 heterocycles. The molecule has 1 aromatic rings. The minimum absolute atomic E-state index is 0.463. The van der Waals surface area contributed by atoms with Gasteiger partial charge in [-0.05, 0) is 25.0 Å². The van der Waals surface area contributed by atoms with Crippen LogP contribution in [0.5, 0.6) is 0 Å². The van der Waals surface area contributed by atoms with Gasteiger partial charge in [-0.3, -0.25) is 0 Å². The molecule has 1 atom stereocenters. The third kappa shape index (κ3) is 1.46. The summed E-state index contributed by atoms with van der Waals surface area (Å²) >= 11 is 0. The zero-order valence-corrected chi connectivity index (χ0v) is 8.17. The Morgan fingerprint density at radius 1 is 1.31 bits per heavy atom. The Morgan fingerprint density at radius 2 is 2.08 bits per heavy atom. The minimum Gasteiger partial charge on any atom is -0.379 e. The van der Waals surface area contributed by atoms with Crippen molar-refractivity contribution in [3.63, 3.8) is 0 Å². The first-order valence-corrected chi connectivity index (χ1v) is 4.88. The van der Waals surface area contributed by atoms with Gasteiger partial charge in [0, 0.05) is 17.3 Å². The van der Waals surface area contributed by atoms with E-state index in [9.17, 15) is 0 Å². The van der Waals surface area contributed by atoms with E-state index >= 15 is 0 Å². The zero-order chi connectivity index (χ0) is 9.26. The summed E-state index contributed by atoms with van der Waals surface area (Å²) in [5.41, 5.74) is 4.10. The van der Waals surface area contributed by atoms with E-state index in [2.05, 4.69) is 49.5 Å². The van der Waals surface area contributed by atoms with Gasteiger partial charge >= 0.3 is 0 Å². The Morgan fingerprint density at radius 3 is 2.85 bits per heavy atom. The monoisotopic (exact) mass is 173 g/mol. The van der Waals surface area contributed by atoms with Crippen LogP contribution in [0.4, 0.5) is 5.69 Å². The van der Waals surface area contributed by atoms with Crippen LogP contribution < -0.4 is 5.32 Å². The SMILES string of the molecule is CCC1=CC(C)Nc2ccccc21. The highest BCUT2D eigenvalue weighted by atomic mass is 14.9. The summed E-state index contributed by atoms with van der Waals surface area (Å²) in [6.45, 7) is 4.40. The van der Waals surface area contributed by atoms with Gasteiger partial charge < -0.3 is 5.32 Å². The standard InChI is InChI=1S/C12H15N/c1-3-10-8-9(2)13-12-7-5-4-6-11(10)12/h4-9,13H,3H2,1-2H3. The molecule has 0 aromatic heterocycles. The molecule has 0 saturated carbocycles. The number of benzene rings is 1. The summed E-state index contributed by atoms with van der Waals surface area (Å²) in [5, 5.41) is 3.45. The third-order valence-electron chi connectivity index (χ3n) is 2.49. The van der Waals surface area contributed by atoms with Crippen LogP contribution in [0.2, 0.25) is 0 Å². The quantitative estimate of drug-likeness (QED) is 0.687. The van der Waals surface area contributed by atoms with E-state index in [-0.39, 0.29) is 0 Å². The average Bonchev–Trinajstić information content (AvgIpc) is 2.16. The number of hydrogen-bond donors (Lipinski definition) is 1. The fourth-order valence-corrected chi connectivity index (χ4v) is 1.88. The van der Waals surface area contributed by atoms with Gasteiger partial charge in [0.1, 0.15) is 0 Å². The molecule has 0 spiro atoms. The lowest BCUT2D eigenvalue weighted by Gasteiger charge is -2.23. The molecule has 2 rings (SSSR count). The van der Waals surface area contributed by atoms with Gasteiger partial charge in [-0.25, -0.2) is 0 Å². The smallest absolute Gasteiger partial charge is 0.0422 e.